The maximum Gasteiger partial charge on any atom is 0.308 e. The summed E-state index contributed by atoms with van der Waals surface area (Å²) in [6.45, 7) is 1.33. The van der Waals surface area contributed by atoms with Crippen molar-refractivity contribution < 1.29 is 4.92 Å². The van der Waals surface area contributed by atoms with Crippen molar-refractivity contribution in [3.05, 3.63) is 80.5 Å². The van der Waals surface area contributed by atoms with Crippen LogP contribution in [0.5, 0.6) is 0 Å². The number of hydrogen-bond donors (Lipinski definition) is 3. The largest absolute Gasteiger partial charge is 0.380 e. The maximum atomic E-state index is 11.2. The number of nitro groups is 1. The van der Waals surface area contributed by atoms with Crippen LogP contribution in [0.1, 0.15) is 12.8 Å². The highest BCUT2D eigenvalue weighted by Crippen LogP contribution is 2.34. The molecule has 0 spiro atoms. The van der Waals surface area contributed by atoms with Gasteiger partial charge in [-0.05, 0) is 37.1 Å². The molecule has 0 saturated carbocycles. The van der Waals surface area contributed by atoms with Crippen LogP contribution in [0.15, 0.2) is 60.3 Å². The molecule has 3 aromatic rings. The quantitative estimate of drug-likeness (QED) is 0.366. The first-order chi connectivity index (χ1) is 16.2. The number of anilines is 1. The predicted molar refractivity (Wildman–Crippen MR) is 131 cm³/mol. The number of dihydropyridines is 1. The summed E-state index contributed by atoms with van der Waals surface area (Å²) in [5.41, 5.74) is 13.5. The van der Waals surface area contributed by atoms with Crippen LogP contribution < -0.4 is 21.7 Å². The zero-order chi connectivity index (χ0) is 24.0. The molecule has 176 valence electrons. The molecule has 2 atom stereocenters. The van der Waals surface area contributed by atoms with E-state index < -0.39 is 10.6 Å². The third-order valence-electron chi connectivity index (χ3n) is 6.30. The Kier molecular flexibility index (Phi) is 5.59. The molecule has 2 aliphatic rings. The molecule has 0 aliphatic carbocycles. The van der Waals surface area contributed by atoms with Crippen molar-refractivity contribution >= 4 is 34.8 Å². The first-order valence-corrected chi connectivity index (χ1v) is 11.5. The van der Waals surface area contributed by atoms with Gasteiger partial charge in [-0.15, -0.1) is 0 Å². The van der Waals surface area contributed by atoms with Crippen LogP contribution >= 0.6 is 23.2 Å². The molecule has 5 N–H and O–H groups in total. The SMILES string of the molecule is NC1=C([N+](=O)[O-])C=CC(N)(C2CCCN(c3nc(-c4ccc(Cl)cc4Cl)cc4nccn34)C2)N1. The van der Waals surface area contributed by atoms with E-state index in [0.29, 0.717) is 28.2 Å². The van der Waals surface area contributed by atoms with Gasteiger partial charge >= 0.3 is 5.70 Å². The lowest BCUT2D eigenvalue weighted by atomic mass is 9.84. The molecule has 2 unspecified atom stereocenters. The number of nitrogens with two attached hydrogens (primary N) is 2. The van der Waals surface area contributed by atoms with Gasteiger partial charge in [0, 0.05) is 54.1 Å². The van der Waals surface area contributed by atoms with Crippen LogP contribution in [0.2, 0.25) is 10.0 Å². The van der Waals surface area contributed by atoms with Gasteiger partial charge in [0.25, 0.3) is 0 Å². The number of hydrogen-bond acceptors (Lipinski definition) is 8. The summed E-state index contributed by atoms with van der Waals surface area (Å²) in [6, 6.07) is 7.17. The molecule has 10 nitrogen and oxygen atoms in total. The van der Waals surface area contributed by atoms with Gasteiger partial charge in [-0.2, -0.15) is 0 Å². The van der Waals surface area contributed by atoms with Gasteiger partial charge < -0.3 is 21.7 Å². The number of piperidine rings is 1. The van der Waals surface area contributed by atoms with Crippen LogP contribution in [-0.2, 0) is 0 Å². The standard InChI is InChI=1S/C22H22Cl2N8O2/c23-14-3-4-15(16(24)10-14)17-11-19-27-7-9-31(19)21(28-17)30-8-1-2-13(12-30)22(26)6-5-18(32(33)34)20(25)29-22/h3-7,9-11,13,29H,1-2,8,12,25-26H2. The summed E-state index contributed by atoms with van der Waals surface area (Å²) in [6.07, 6.45) is 8.25. The molecule has 2 aliphatic heterocycles. The minimum absolute atomic E-state index is 0.0402. The Morgan fingerprint density at radius 3 is 2.85 bits per heavy atom. The average Bonchev–Trinajstić information content (AvgIpc) is 3.27. The number of allylic oxidation sites excluding steroid dienone is 1. The number of aromatic nitrogens is 3. The molecule has 34 heavy (non-hydrogen) atoms. The van der Waals surface area contributed by atoms with E-state index in [9.17, 15) is 10.1 Å². The normalized spacial score (nSPS) is 22.8. The number of nitrogens with one attached hydrogen (secondary N) is 1. The summed E-state index contributed by atoms with van der Waals surface area (Å²) in [7, 11) is 0. The molecule has 4 heterocycles. The second-order valence-corrected chi connectivity index (χ2v) is 9.30. The monoisotopic (exact) mass is 500 g/mol. The van der Waals surface area contributed by atoms with Gasteiger partial charge in [-0.1, -0.05) is 23.2 Å². The van der Waals surface area contributed by atoms with Crippen LogP contribution in [-0.4, -0.2) is 38.0 Å². The van der Waals surface area contributed by atoms with Crippen molar-refractivity contribution in [2.75, 3.05) is 18.0 Å². The molecule has 0 amide bonds. The fourth-order valence-electron chi connectivity index (χ4n) is 4.56. The molecule has 1 fully saturated rings. The maximum absolute atomic E-state index is 11.2. The molecule has 12 heteroatoms. The Morgan fingerprint density at radius 1 is 1.29 bits per heavy atom. The van der Waals surface area contributed by atoms with Crippen molar-refractivity contribution in [1.29, 1.82) is 0 Å². The lowest BCUT2D eigenvalue weighted by Gasteiger charge is -2.43. The zero-order valence-electron chi connectivity index (χ0n) is 18.0. The van der Waals surface area contributed by atoms with E-state index in [4.69, 9.17) is 39.7 Å². The van der Waals surface area contributed by atoms with Crippen LogP contribution in [0.3, 0.4) is 0 Å². The first kappa shape index (κ1) is 22.5. The van der Waals surface area contributed by atoms with Crippen molar-refractivity contribution in [2.45, 2.75) is 18.5 Å². The highest BCUT2D eigenvalue weighted by Gasteiger charge is 2.40. The molecule has 1 aromatic carbocycles. The number of nitrogens with zero attached hydrogens (tertiary/aromatic N) is 5. The topological polar surface area (TPSA) is 141 Å². The second kappa shape index (κ2) is 8.46. The van der Waals surface area contributed by atoms with E-state index in [1.807, 2.05) is 22.7 Å². The third-order valence-corrected chi connectivity index (χ3v) is 6.85. The number of rotatable bonds is 4. The zero-order valence-corrected chi connectivity index (χ0v) is 19.5. The van der Waals surface area contributed by atoms with Gasteiger partial charge in [0.1, 0.15) is 11.3 Å². The summed E-state index contributed by atoms with van der Waals surface area (Å²) in [5.74, 6) is 0.590. The number of fused-ring (bicyclic) bond motifs is 1. The van der Waals surface area contributed by atoms with Gasteiger partial charge in [0.2, 0.25) is 5.95 Å². The van der Waals surface area contributed by atoms with E-state index in [1.165, 1.54) is 6.08 Å². The lowest BCUT2D eigenvalue weighted by molar-refractivity contribution is -0.421. The summed E-state index contributed by atoms with van der Waals surface area (Å²) < 4.78 is 1.92. The average molecular weight is 501 g/mol. The first-order valence-electron chi connectivity index (χ1n) is 10.7. The Morgan fingerprint density at radius 2 is 2.12 bits per heavy atom. The Bertz CT molecular complexity index is 1350. The van der Waals surface area contributed by atoms with Crippen LogP contribution in [0.4, 0.5) is 5.95 Å². The highest BCUT2D eigenvalue weighted by atomic mass is 35.5. The van der Waals surface area contributed by atoms with E-state index >= 15 is 0 Å². The van der Waals surface area contributed by atoms with Gasteiger partial charge in [0.15, 0.2) is 5.82 Å². The Hall–Kier alpha value is -3.34. The molecular weight excluding hydrogens is 479 g/mol. The molecule has 2 aromatic heterocycles. The molecule has 5 rings (SSSR count). The summed E-state index contributed by atoms with van der Waals surface area (Å²) in [5, 5.41) is 15.2. The highest BCUT2D eigenvalue weighted by molar-refractivity contribution is 6.36. The number of benzene rings is 1. The summed E-state index contributed by atoms with van der Waals surface area (Å²) in [4.78, 5) is 22.2. The van der Waals surface area contributed by atoms with E-state index in [2.05, 4.69) is 15.2 Å². The van der Waals surface area contributed by atoms with E-state index in [1.54, 1.807) is 24.4 Å². The lowest BCUT2D eigenvalue weighted by Crippen LogP contribution is -2.63. The number of imidazole rings is 1. The van der Waals surface area contributed by atoms with Crippen molar-refractivity contribution in [3.63, 3.8) is 0 Å². The predicted octanol–water partition coefficient (Wildman–Crippen LogP) is 3.14. The second-order valence-electron chi connectivity index (χ2n) is 8.45. The third kappa shape index (κ3) is 3.93. The van der Waals surface area contributed by atoms with E-state index in [0.717, 1.165) is 30.6 Å². The Balaban J connectivity index is 1.49. The molecule has 1 saturated heterocycles. The molecule has 0 bridgehead atoms. The van der Waals surface area contributed by atoms with E-state index in [-0.39, 0.29) is 17.4 Å². The van der Waals surface area contributed by atoms with Gasteiger partial charge in [-0.3, -0.25) is 14.5 Å². The van der Waals surface area contributed by atoms with Crippen LogP contribution in [0.25, 0.3) is 16.9 Å². The van der Waals surface area contributed by atoms with Crippen molar-refractivity contribution in [3.8, 4) is 11.3 Å². The van der Waals surface area contributed by atoms with Crippen LogP contribution in [0, 0.1) is 16.0 Å². The fraction of sp³-hybridized carbons (Fsp3) is 0.273. The number of halogens is 2. The minimum atomic E-state index is -1.02. The summed E-state index contributed by atoms with van der Waals surface area (Å²) >= 11 is 12.5. The van der Waals surface area contributed by atoms with Gasteiger partial charge in [-0.25, -0.2) is 9.97 Å². The molecule has 0 radical (unpaired) electrons. The van der Waals surface area contributed by atoms with Crippen molar-refractivity contribution in [2.24, 2.45) is 17.4 Å². The fourth-order valence-corrected chi connectivity index (χ4v) is 5.06. The molecular formula is C22H22Cl2N8O2. The van der Waals surface area contributed by atoms with Crippen molar-refractivity contribution in [1.82, 2.24) is 19.7 Å². The van der Waals surface area contributed by atoms with Gasteiger partial charge in [0.05, 0.1) is 15.6 Å². The Labute approximate surface area is 205 Å². The minimum Gasteiger partial charge on any atom is -0.380 e. The smallest absolute Gasteiger partial charge is 0.308 e.